The summed E-state index contributed by atoms with van der Waals surface area (Å²) in [6.45, 7) is 4.70. The van der Waals surface area contributed by atoms with Gasteiger partial charge in [0, 0.05) is 12.2 Å². The molecular weight excluding hydrogens is 346 g/mol. The van der Waals surface area contributed by atoms with Gasteiger partial charge in [0.2, 0.25) is 0 Å². The number of benzene rings is 1. The minimum Gasteiger partial charge on any atom is -0.485 e. The molecule has 0 radical (unpaired) electrons. The van der Waals surface area contributed by atoms with Crippen LogP contribution in [-0.2, 0) is 13.0 Å². The van der Waals surface area contributed by atoms with Crippen LogP contribution in [-0.4, -0.2) is 22.4 Å². The number of pyridine rings is 1. The summed E-state index contributed by atoms with van der Waals surface area (Å²) in [5.74, 6) is 0.608. The fraction of sp³-hybridized carbons (Fsp3) is 0.250. The van der Waals surface area contributed by atoms with Gasteiger partial charge in [-0.1, -0.05) is 30.3 Å². The van der Waals surface area contributed by atoms with Crippen molar-refractivity contribution in [1.29, 1.82) is 0 Å². The van der Waals surface area contributed by atoms with Crippen LogP contribution in [0.15, 0.2) is 48.7 Å². The number of carbonyl (C=O) groups excluding carboxylic acids is 1. The number of amides is 1. The van der Waals surface area contributed by atoms with Crippen LogP contribution in [0.4, 0.5) is 0 Å². The minimum absolute atomic E-state index is 0.0841. The van der Waals surface area contributed by atoms with Crippen LogP contribution in [0.1, 0.15) is 31.6 Å². The van der Waals surface area contributed by atoms with Gasteiger partial charge in [-0.3, -0.25) is 9.78 Å². The second-order valence-electron chi connectivity index (χ2n) is 5.94. The molecule has 134 valence electrons. The van der Waals surface area contributed by atoms with Gasteiger partial charge in [0.05, 0.1) is 11.9 Å². The van der Waals surface area contributed by atoms with Gasteiger partial charge in [-0.25, -0.2) is 4.98 Å². The fourth-order valence-corrected chi connectivity index (χ4v) is 3.35. The number of nitrogens with one attached hydrogen (secondary N) is 1. The third-order valence-electron chi connectivity index (χ3n) is 3.84. The van der Waals surface area contributed by atoms with Gasteiger partial charge in [0.1, 0.15) is 22.2 Å². The summed E-state index contributed by atoms with van der Waals surface area (Å²) in [4.78, 5) is 21.7. The van der Waals surface area contributed by atoms with Crippen molar-refractivity contribution in [2.45, 2.75) is 26.9 Å². The Morgan fingerprint density at radius 1 is 1.15 bits per heavy atom. The van der Waals surface area contributed by atoms with Crippen molar-refractivity contribution in [3.05, 3.63) is 75.5 Å². The zero-order valence-corrected chi connectivity index (χ0v) is 15.7. The highest BCUT2D eigenvalue weighted by Gasteiger charge is 2.15. The summed E-state index contributed by atoms with van der Waals surface area (Å²) in [6, 6.07) is 13.9. The molecule has 2 heterocycles. The molecule has 1 aromatic carbocycles. The smallest absolute Gasteiger partial charge is 0.263 e. The number of hydrogen-bond acceptors (Lipinski definition) is 5. The van der Waals surface area contributed by atoms with Crippen molar-refractivity contribution in [2.24, 2.45) is 0 Å². The Labute approximate surface area is 157 Å². The van der Waals surface area contributed by atoms with Crippen LogP contribution < -0.4 is 10.1 Å². The second kappa shape index (κ2) is 8.58. The molecule has 1 N–H and O–H groups in total. The van der Waals surface area contributed by atoms with E-state index in [0.717, 1.165) is 22.8 Å². The zero-order valence-electron chi connectivity index (χ0n) is 14.9. The Bertz CT molecular complexity index is 861. The lowest BCUT2D eigenvalue weighted by atomic mass is 10.1. The predicted octanol–water partition coefficient (Wildman–Crippen LogP) is 3.71. The van der Waals surface area contributed by atoms with Gasteiger partial charge < -0.3 is 10.1 Å². The van der Waals surface area contributed by atoms with E-state index >= 15 is 0 Å². The van der Waals surface area contributed by atoms with E-state index in [-0.39, 0.29) is 5.91 Å². The van der Waals surface area contributed by atoms with E-state index in [0.29, 0.717) is 23.8 Å². The lowest BCUT2D eigenvalue weighted by Crippen LogP contribution is -2.25. The SMILES string of the molecule is Cc1ccc(OCc2nc(C)c(C(=O)NCCc3ccccc3)s2)cn1. The van der Waals surface area contributed by atoms with Gasteiger partial charge in [0.25, 0.3) is 5.91 Å². The average molecular weight is 367 g/mol. The van der Waals surface area contributed by atoms with Gasteiger partial charge in [-0.15, -0.1) is 11.3 Å². The van der Waals surface area contributed by atoms with Crippen LogP contribution in [0.3, 0.4) is 0 Å². The molecule has 3 aromatic rings. The highest BCUT2D eigenvalue weighted by atomic mass is 32.1. The predicted molar refractivity (Wildman–Crippen MR) is 103 cm³/mol. The maximum atomic E-state index is 12.4. The molecule has 0 saturated heterocycles. The topological polar surface area (TPSA) is 64.1 Å². The summed E-state index contributed by atoms with van der Waals surface area (Å²) in [7, 11) is 0. The van der Waals surface area contributed by atoms with Gasteiger partial charge in [-0.2, -0.15) is 0 Å². The molecule has 0 atom stereocenters. The van der Waals surface area contributed by atoms with Crippen LogP contribution in [0, 0.1) is 13.8 Å². The third kappa shape index (κ3) is 4.89. The molecule has 0 aliphatic carbocycles. The molecule has 0 spiro atoms. The maximum Gasteiger partial charge on any atom is 0.263 e. The molecular formula is C20H21N3O2S. The molecule has 5 nitrogen and oxygen atoms in total. The van der Waals surface area contributed by atoms with E-state index in [2.05, 4.69) is 27.4 Å². The Kier molecular flexibility index (Phi) is 5.96. The number of aromatic nitrogens is 2. The van der Waals surface area contributed by atoms with Crippen molar-refractivity contribution in [2.75, 3.05) is 6.54 Å². The van der Waals surface area contributed by atoms with Crippen molar-refractivity contribution in [3.63, 3.8) is 0 Å². The van der Waals surface area contributed by atoms with Crippen molar-refractivity contribution < 1.29 is 9.53 Å². The van der Waals surface area contributed by atoms with Gasteiger partial charge >= 0.3 is 0 Å². The standard InChI is InChI=1S/C20H21N3O2S/c1-14-8-9-17(12-22-14)25-13-18-23-15(2)19(26-18)20(24)21-11-10-16-6-4-3-5-7-16/h3-9,12H,10-11,13H2,1-2H3,(H,21,24). The summed E-state index contributed by atoms with van der Waals surface area (Å²) in [5.41, 5.74) is 2.87. The lowest BCUT2D eigenvalue weighted by Gasteiger charge is -2.04. The number of rotatable bonds is 7. The number of thiazole rings is 1. The minimum atomic E-state index is -0.0841. The number of aryl methyl sites for hydroxylation is 2. The molecule has 1 amide bonds. The first-order valence-electron chi connectivity index (χ1n) is 8.45. The van der Waals surface area contributed by atoms with E-state index in [9.17, 15) is 4.79 Å². The molecule has 0 bridgehead atoms. The molecule has 26 heavy (non-hydrogen) atoms. The van der Waals surface area contributed by atoms with Crippen molar-refractivity contribution >= 4 is 17.2 Å². The highest BCUT2D eigenvalue weighted by molar-refractivity contribution is 7.13. The van der Waals surface area contributed by atoms with E-state index in [1.807, 2.05) is 44.2 Å². The van der Waals surface area contributed by atoms with E-state index in [1.165, 1.54) is 16.9 Å². The van der Waals surface area contributed by atoms with Crippen LogP contribution in [0.25, 0.3) is 0 Å². The molecule has 0 unspecified atom stereocenters. The Morgan fingerprint density at radius 2 is 1.96 bits per heavy atom. The fourth-order valence-electron chi connectivity index (χ4n) is 2.45. The van der Waals surface area contributed by atoms with Crippen LogP contribution >= 0.6 is 11.3 Å². The molecule has 2 aromatic heterocycles. The Hall–Kier alpha value is -2.73. The zero-order chi connectivity index (χ0) is 18.4. The summed E-state index contributed by atoms with van der Waals surface area (Å²) >= 11 is 1.37. The van der Waals surface area contributed by atoms with Crippen molar-refractivity contribution in [3.8, 4) is 5.75 Å². The number of carbonyl (C=O) groups is 1. The normalized spacial score (nSPS) is 10.5. The van der Waals surface area contributed by atoms with Crippen molar-refractivity contribution in [1.82, 2.24) is 15.3 Å². The maximum absolute atomic E-state index is 12.4. The molecule has 0 saturated carbocycles. The molecule has 0 aliphatic heterocycles. The third-order valence-corrected chi connectivity index (χ3v) is 4.97. The first kappa shape index (κ1) is 18.1. The van der Waals surface area contributed by atoms with E-state index in [4.69, 9.17) is 4.74 Å². The summed E-state index contributed by atoms with van der Waals surface area (Å²) in [6.07, 6.45) is 2.49. The second-order valence-corrected chi connectivity index (χ2v) is 7.02. The monoisotopic (exact) mass is 367 g/mol. The average Bonchev–Trinajstić information content (AvgIpc) is 3.03. The lowest BCUT2D eigenvalue weighted by molar-refractivity contribution is 0.0957. The number of hydrogen-bond donors (Lipinski definition) is 1. The van der Waals surface area contributed by atoms with Crippen LogP contribution in [0.5, 0.6) is 5.75 Å². The highest BCUT2D eigenvalue weighted by Crippen LogP contribution is 2.20. The Morgan fingerprint density at radius 3 is 2.69 bits per heavy atom. The van der Waals surface area contributed by atoms with Gasteiger partial charge in [0.15, 0.2) is 0 Å². The molecule has 6 heteroatoms. The van der Waals surface area contributed by atoms with Crippen LogP contribution in [0.2, 0.25) is 0 Å². The largest absolute Gasteiger partial charge is 0.485 e. The molecule has 0 aliphatic rings. The molecule has 0 fully saturated rings. The molecule has 3 rings (SSSR count). The van der Waals surface area contributed by atoms with E-state index in [1.54, 1.807) is 6.20 Å². The Balaban J connectivity index is 1.53. The summed E-state index contributed by atoms with van der Waals surface area (Å²) in [5, 5.41) is 3.74. The number of nitrogens with zero attached hydrogens (tertiary/aromatic N) is 2. The first-order valence-corrected chi connectivity index (χ1v) is 9.27. The quantitative estimate of drug-likeness (QED) is 0.691. The summed E-state index contributed by atoms with van der Waals surface area (Å²) < 4.78 is 5.69. The first-order chi connectivity index (χ1) is 12.6. The number of ether oxygens (including phenoxy) is 1. The van der Waals surface area contributed by atoms with Gasteiger partial charge in [-0.05, 0) is 38.0 Å². The van der Waals surface area contributed by atoms with E-state index < -0.39 is 0 Å².